The molecule has 0 spiro atoms. The van der Waals surface area contributed by atoms with Crippen molar-refractivity contribution in [3.63, 3.8) is 0 Å². The van der Waals surface area contributed by atoms with E-state index in [0.717, 1.165) is 0 Å². The molecule has 1 N–H and O–H groups in total. The molecular formula is C12H19N3O3. The Labute approximate surface area is 106 Å². The summed E-state index contributed by atoms with van der Waals surface area (Å²) in [6.07, 6.45) is 0.929. The number of aryl methyl sites for hydroxylation is 1. The van der Waals surface area contributed by atoms with Gasteiger partial charge in [0.2, 0.25) is 5.78 Å². The highest BCUT2D eigenvalue weighted by molar-refractivity contribution is 5.99. The summed E-state index contributed by atoms with van der Waals surface area (Å²) in [5.74, 6) is -0.208. The summed E-state index contributed by atoms with van der Waals surface area (Å²) in [5.41, 5.74) is -0.141. The maximum atomic E-state index is 12.0. The monoisotopic (exact) mass is 253 g/mol. The number of nitrogens with one attached hydrogen (secondary N) is 1. The number of Topliss-reactive ketones (excluding diaryl/α,β-unsaturated/α-hetero) is 1. The molecule has 0 fully saturated rings. The first-order valence-electron chi connectivity index (χ1n) is 5.72. The zero-order valence-corrected chi connectivity index (χ0v) is 11.4. The molecule has 100 valence electrons. The fourth-order valence-electron chi connectivity index (χ4n) is 1.39. The Balaban J connectivity index is 2.61. The first-order chi connectivity index (χ1) is 8.20. The maximum absolute atomic E-state index is 12.0. The summed E-state index contributed by atoms with van der Waals surface area (Å²) in [5, 5.41) is 6.41. The third-order valence-corrected chi connectivity index (χ3v) is 2.20. The molecule has 18 heavy (non-hydrogen) atoms. The number of ketones is 1. The standard InChI is InChI=1S/C12H19N3O3/c1-8(14-11(17)18-12(2,3)4)10(16)9-6-7-13-15(9)5/h6-8H,1-5H3,(H,14,17). The molecule has 0 bridgehead atoms. The van der Waals surface area contributed by atoms with Crippen molar-refractivity contribution in [3.05, 3.63) is 18.0 Å². The molecule has 1 atom stereocenters. The SMILES string of the molecule is CC(NC(=O)OC(C)(C)C)C(=O)c1ccnn1C. The van der Waals surface area contributed by atoms with E-state index in [4.69, 9.17) is 4.74 Å². The van der Waals surface area contributed by atoms with Gasteiger partial charge >= 0.3 is 6.09 Å². The number of nitrogens with zero attached hydrogens (tertiary/aromatic N) is 2. The fraction of sp³-hybridized carbons (Fsp3) is 0.583. The van der Waals surface area contributed by atoms with Gasteiger partial charge < -0.3 is 10.1 Å². The van der Waals surface area contributed by atoms with Crippen LogP contribution < -0.4 is 5.32 Å². The van der Waals surface area contributed by atoms with Crippen LogP contribution in [0.5, 0.6) is 0 Å². The molecule has 0 aliphatic heterocycles. The smallest absolute Gasteiger partial charge is 0.408 e. The van der Waals surface area contributed by atoms with Crippen molar-refractivity contribution >= 4 is 11.9 Å². The van der Waals surface area contributed by atoms with E-state index in [1.807, 2.05) is 0 Å². The normalized spacial score (nSPS) is 12.9. The van der Waals surface area contributed by atoms with Crippen molar-refractivity contribution in [1.29, 1.82) is 0 Å². The van der Waals surface area contributed by atoms with Gasteiger partial charge in [-0.25, -0.2) is 4.79 Å². The molecule has 6 heteroatoms. The number of amides is 1. The van der Waals surface area contributed by atoms with E-state index >= 15 is 0 Å². The van der Waals surface area contributed by atoms with E-state index in [9.17, 15) is 9.59 Å². The highest BCUT2D eigenvalue weighted by atomic mass is 16.6. The van der Waals surface area contributed by atoms with Crippen molar-refractivity contribution < 1.29 is 14.3 Å². The van der Waals surface area contributed by atoms with E-state index < -0.39 is 17.7 Å². The third-order valence-electron chi connectivity index (χ3n) is 2.20. The zero-order chi connectivity index (χ0) is 13.9. The Bertz CT molecular complexity index is 446. The summed E-state index contributed by atoms with van der Waals surface area (Å²) in [7, 11) is 1.67. The highest BCUT2D eigenvalue weighted by Gasteiger charge is 2.23. The molecule has 1 aromatic heterocycles. The van der Waals surface area contributed by atoms with Crippen LogP contribution in [0.2, 0.25) is 0 Å². The second-order valence-corrected chi connectivity index (χ2v) is 5.07. The van der Waals surface area contributed by atoms with Gasteiger partial charge in [0.25, 0.3) is 0 Å². The van der Waals surface area contributed by atoms with E-state index in [1.54, 1.807) is 40.8 Å². The van der Waals surface area contributed by atoms with Crippen LogP contribution in [-0.4, -0.2) is 33.3 Å². The van der Waals surface area contributed by atoms with Crippen molar-refractivity contribution in [2.45, 2.75) is 39.3 Å². The number of hydrogen-bond acceptors (Lipinski definition) is 4. The largest absolute Gasteiger partial charge is 0.444 e. The number of carbonyl (C=O) groups is 2. The van der Waals surface area contributed by atoms with Crippen LogP contribution in [0.25, 0.3) is 0 Å². The number of ether oxygens (including phenoxy) is 1. The topological polar surface area (TPSA) is 73.2 Å². The molecule has 0 aromatic carbocycles. The lowest BCUT2D eigenvalue weighted by Gasteiger charge is -2.21. The predicted octanol–water partition coefficient (Wildman–Crippen LogP) is 1.52. The van der Waals surface area contributed by atoms with E-state index in [0.29, 0.717) is 5.69 Å². The first-order valence-corrected chi connectivity index (χ1v) is 5.72. The van der Waals surface area contributed by atoms with Crippen molar-refractivity contribution in [2.75, 3.05) is 0 Å². The number of alkyl carbamates (subject to hydrolysis) is 1. The van der Waals surface area contributed by atoms with Gasteiger partial charge in [0.15, 0.2) is 0 Å². The van der Waals surface area contributed by atoms with Crippen molar-refractivity contribution in [3.8, 4) is 0 Å². The summed E-state index contributed by atoms with van der Waals surface area (Å²) >= 11 is 0. The molecule has 6 nitrogen and oxygen atoms in total. The predicted molar refractivity (Wildman–Crippen MR) is 66.4 cm³/mol. The van der Waals surface area contributed by atoms with Gasteiger partial charge in [-0.05, 0) is 33.8 Å². The number of rotatable bonds is 3. The van der Waals surface area contributed by atoms with E-state index in [2.05, 4.69) is 10.4 Å². The van der Waals surface area contributed by atoms with Crippen LogP contribution in [0.3, 0.4) is 0 Å². The summed E-state index contributed by atoms with van der Waals surface area (Å²) < 4.78 is 6.55. The Morgan fingerprint density at radius 2 is 2.06 bits per heavy atom. The third kappa shape index (κ3) is 3.87. The van der Waals surface area contributed by atoms with Crippen LogP contribution in [0.4, 0.5) is 4.79 Å². The quantitative estimate of drug-likeness (QED) is 0.829. The van der Waals surface area contributed by atoms with Gasteiger partial charge in [-0.1, -0.05) is 0 Å². The molecule has 1 rings (SSSR count). The lowest BCUT2D eigenvalue weighted by Crippen LogP contribution is -2.42. The van der Waals surface area contributed by atoms with Gasteiger partial charge in [-0.2, -0.15) is 5.10 Å². The van der Waals surface area contributed by atoms with Gasteiger partial charge in [0.05, 0.1) is 6.04 Å². The average Bonchev–Trinajstić information content (AvgIpc) is 2.60. The Kier molecular flexibility index (Phi) is 4.11. The lowest BCUT2D eigenvalue weighted by molar-refractivity contribution is 0.0496. The fourth-order valence-corrected chi connectivity index (χ4v) is 1.39. The van der Waals surface area contributed by atoms with E-state index in [1.165, 1.54) is 10.9 Å². The second kappa shape index (κ2) is 5.20. The number of hydrogen-bond donors (Lipinski definition) is 1. The summed E-state index contributed by atoms with van der Waals surface area (Å²) in [4.78, 5) is 23.5. The highest BCUT2D eigenvalue weighted by Crippen LogP contribution is 2.08. The van der Waals surface area contributed by atoms with Crippen molar-refractivity contribution in [1.82, 2.24) is 15.1 Å². The zero-order valence-electron chi connectivity index (χ0n) is 11.4. The van der Waals surface area contributed by atoms with Gasteiger partial charge in [-0.15, -0.1) is 0 Å². The van der Waals surface area contributed by atoms with Crippen LogP contribution in [0.15, 0.2) is 12.3 Å². The molecule has 1 amide bonds. The summed E-state index contributed by atoms with van der Waals surface area (Å²) in [6, 6.07) is 0.950. The average molecular weight is 253 g/mol. The number of aromatic nitrogens is 2. The van der Waals surface area contributed by atoms with E-state index in [-0.39, 0.29) is 5.78 Å². The molecule has 0 saturated carbocycles. The summed E-state index contributed by atoms with van der Waals surface area (Å²) in [6.45, 7) is 6.90. The minimum atomic E-state index is -0.657. The minimum absolute atomic E-state index is 0.208. The molecule has 0 radical (unpaired) electrons. The van der Waals surface area contributed by atoms with Crippen LogP contribution in [0, 0.1) is 0 Å². The molecule has 0 aliphatic carbocycles. The van der Waals surface area contributed by atoms with Crippen LogP contribution in [-0.2, 0) is 11.8 Å². The molecule has 1 heterocycles. The van der Waals surface area contributed by atoms with Gasteiger partial charge in [0.1, 0.15) is 11.3 Å². The van der Waals surface area contributed by atoms with Crippen molar-refractivity contribution in [2.24, 2.45) is 7.05 Å². The molecule has 0 aliphatic rings. The van der Waals surface area contributed by atoms with Gasteiger partial charge in [0, 0.05) is 13.2 Å². The Morgan fingerprint density at radius 1 is 1.44 bits per heavy atom. The molecular weight excluding hydrogens is 234 g/mol. The molecule has 1 unspecified atom stereocenters. The second-order valence-electron chi connectivity index (χ2n) is 5.07. The minimum Gasteiger partial charge on any atom is -0.444 e. The lowest BCUT2D eigenvalue weighted by atomic mass is 10.1. The first kappa shape index (κ1) is 14.2. The molecule has 1 aromatic rings. The Hall–Kier alpha value is -1.85. The van der Waals surface area contributed by atoms with Crippen LogP contribution >= 0.6 is 0 Å². The van der Waals surface area contributed by atoms with Gasteiger partial charge in [-0.3, -0.25) is 9.48 Å². The van der Waals surface area contributed by atoms with Crippen LogP contribution in [0.1, 0.15) is 38.2 Å². The maximum Gasteiger partial charge on any atom is 0.408 e. The Morgan fingerprint density at radius 3 is 2.50 bits per heavy atom. The number of carbonyl (C=O) groups excluding carboxylic acids is 2. The molecule has 0 saturated heterocycles.